The fourth-order valence-electron chi connectivity index (χ4n) is 7.61. The maximum atomic E-state index is 15.0. The topological polar surface area (TPSA) is 220 Å². The summed E-state index contributed by atoms with van der Waals surface area (Å²) in [5.74, 6) is -3.90. The molecule has 0 aliphatic carbocycles. The van der Waals surface area contributed by atoms with Gasteiger partial charge in [-0.05, 0) is 100 Å². The average molecular weight is 983 g/mol. The molecule has 71 heavy (non-hydrogen) atoms. The van der Waals surface area contributed by atoms with Crippen molar-refractivity contribution in [2.75, 3.05) is 28.3 Å². The van der Waals surface area contributed by atoms with Gasteiger partial charge in [-0.2, -0.15) is 0 Å². The Morgan fingerprint density at radius 1 is 0.746 bits per heavy atom. The zero-order chi connectivity index (χ0) is 52.2. The minimum atomic E-state index is -1.38. The number of alkyl carbamates (subject to hydrolysis) is 1. The summed E-state index contributed by atoms with van der Waals surface area (Å²) in [6.07, 6.45) is -1.15. The number of rotatable bonds is 16. The SMILES string of the molecule is COc1ccc(C[C@@H](C(=O)N[C@@H](C)C(=O)N(C)[C@H]2Cc3ccc(cc3)Oc3cc(ccc3OC)C[C@@H](C(=O)OCc3ccccc3)NC2=O)N(C)C(=O)[C@H](C)NC(=O)[C@@H](C)NC(=O)OC(C)(C)C)cc1F. The van der Waals surface area contributed by atoms with Crippen LogP contribution in [0.2, 0.25) is 0 Å². The highest BCUT2D eigenvalue weighted by Gasteiger charge is 2.37. The van der Waals surface area contributed by atoms with E-state index in [9.17, 15) is 38.0 Å². The first-order chi connectivity index (χ1) is 33.6. The predicted molar refractivity (Wildman–Crippen MR) is 259 cm³/mol. The molecule has 6 rings (SSSR count). The molecule has 19 heteroatoms. The van der Waals surface area contributed by atoms with Crippen molar-refractivity contribution >= 4 is 41.6 Å². The molecule has 4 aromatic rings. The van der Waals surface area contributed by atoms with Crippen molar-refractivity contribution in [1.82, 2.24) is 31.1 Å². The molecule has 0 fully saturated rings. The number of fused-ring (bicyclic) bond motifs is 7. The Labute approximate surface area is 412 Å². The molecule has 2 heterocycles. The molecule has 4 N–H and O–H groups in total. The van der Waals surface area contributed by atoms with Crippen LogP contribution in [0, 0.1) is 5.82 Å². The van der Waals surface area contributed by atoms with E-state index < -0.39 is 89.3 Å². The van der Waals surface area contributed by atoms with E-state index in [0.717, 1.165) is 16.5 Å². The zero-order valence-corrected chi connectivity index (χ0v) is 41.6. The first kappa shape index (κ1) is 54.2. The second kappa shape index (κ2) is 24.2. The van der Waals surface area contributed by atoms with Crippen LogP contribution in [0.25, 0.3) is 0 Å². The van der Waals surface area contributed by atoms with E-state index in [-0.39, 0.29) is 31.6 Å². The lowest BCUT2D eigenvalue weighted by Gasteiger charge is -2.33. The summed E-state index contributed by atoms with van der Waals surface area (Å²) in [7, 11) is 5.51. The van der Waals surface area contributed by atoms with Gasteiger partial charge in [0.15, 0.2) is 23.1 Å². The van der Waals surface area contributed by atoms with Crippen LogP contribution in [0.5, 0.6) is 23.0 Å². The molecule has 6 atom stereocenters. The summed E-state index contributed by atoms with van der Waals surface area (Å²) < 4.78 is 42.7. The second-order valence-electron chi connectivity index (χ2n) is 18.2. The minimum absolute atomic E-state index is 0.0237. The number of hydrogen-bond acceptors (Lipinski definition) is 12. The lowest BCUT2D eigenvalue weighted by atomic mass is 10.0. The summed E-state index contributed by atoms with van der Waals surface area (Å²) >= 11 is 0. The molecule has 0 radical (unpaired) electrons. The van der Waals surface area contributed by atoms with Gasteiger partial charge in [0.1, 0.15) is 54.2 Å². The fraction of sp³-hybridized carbons (Fsp3) is 0.404. The first-order valence-corrected chi connectivity index (χ1v) is 23.0. The van der Waals surface area contributed by atoms with Crippen LogP contribution >= 0.6 is 0 Å². The molecule has 0 aromatic heterocycles. The molecule has 0 spiro atoms. The number of nitrogens with zero attached hydrogens (tertiary/aromatic N) is 2. The normalized spacial score (nSPS) is 16.2. The van der Waals surface area contributed by atoms with Crippen molar-refractivity contribution in [3.8, 4) is 23.0 Å². The molecule has 2 aliphatic rings. The molecule has 0 unspecified atom stereocenters. The Bertz CT molecular complexity index is 2550. The summed E-state index contributed by atoms with van der Waals surface area (Å²) in [5, 5.41) is 10.4. The number of esters is 1. The Hall–Kier alpha value is -7.70. The summed E-state index contributed by atoms with van der Waals surface area (Å²) in [6, 6.07) is 17.5. The van der Waals surface area contributed by atoms with Crippen LogP contribution in [0.15, 0.2) is 91.0 Å². The van der Waals surface area contributed by atoms with E-state index in [4.69, 9.17) is 23.7 Å². The minimum Gasteiger partial charge on any atom is -0.494 e. The maximum absolute atomic E-state index is 15.0. The molecule has 2 aliphatic heterocycles. The standard InChI is InChI=1S/C52H63FN6O12/c1-30(56-51(66)71-52(4,5)6)45(60)54-31(2)48(63)59(8)41(27-35-18-22-42(67-9)38(53)24-35)46(61)55-32(3)49(64)58(7)40-26-33-16-20-37(21-17-33)70-44-28-36(19-23-43(44)68-10)25-39(57-47(40)62)50(65)69-29-34-14-12-11-13-15-34/h11-24,28,30-32,39-41H,25-27,29H2,1-10H3,(H,54,60)(H,55,61)(H,56,66)(H,57,62)/t30-,31+,32+,39+,40+,41+/m1/s1. The first-order valence-electron chi connectivity index (χ1n) is 23.0. The van der Waals surface area contributed by atoms with Crippen molar-refractivity contribution < 1.29 is 61.6 Å². The van der Waals surface area contributed by atoms with Gasteiger partial charge in [0.25, 0.3) is 0 Å². The molecule has 4 aromatic carbocycles. The predicted octanol–water partition coefficient (Wildman–Crippen LogP) is 4.78. The number of likely N-dealkylation sites (N-methyl/N-ethyl adjacent to an activating group) is 2. The third-order valence-electron chi connectivity index (χ3n) is 11.5. The molecule has 18 nitrogen and oxygen atoms in total. The number of halogens is 1. The molecule has 380 valence electrons. The van der Waals surface area contributed by atoms with Crippen molar-refractivity contribution in [2.24, 2.45) is 0 Å². The van der Waals surface area contributed by atoms with Gasteiger partial charge in [0.05, 0.1) is 14.2 Å². The molecule has 0 saturated carbocycles. The molecule has 4 bridgehead atoms. The van der Waals surface area contributed by atoms with Crippen LogP contribution < -0.4 is 35.5 Å². The highest BCUT2D eigenvalue weighted by atomic mass is 19.1. The van der Waals surface area contributed by atoms with Crippen LogP contribution in [0.1, 0.15) is 63.8 Å². The van der Waals surface area contributed by atoms with Gasteiger partial charge in [-0.25, -0.2) is 14.0 Å². The number of nitrogens with one attached hydrogen (secondary N) is 4. The van der Waals surface area contributed by atoms with E-state index in [0.29, 0.717) is 33.9 Å². The highest BCUT2D eigenvalue weighted by Crippen LogP contribution is 2.33. The van der Waals surface area contributed by atoms with E-state index in [1.807, 2.05) is 6.07 Å². The van der Waals surface area contributed by atoms with Gasteiger partial charge in [-0.15, -0.1) is 0 Å². The van der Waals surface area contributed by atoms with E-state index >= 15 is 0 Å². The number of hydrogen-bond donors (Lipinski definition) is 4. The number of benzene rings is 4. The van der Waals surface area contributed by atoms with Crippen molar-refractivity contribution in [1.29, 1.82) is 0 Å². The number of carbonyl (C=O) groups excluding carboxylic acids is 7. The largest absolute Gasteiger partial charge is 0.494 e. The van der Waals surface area contributed by atoms with Gasteiger partial charge in [0, 0.05) is 33.4 Å². The third kappa shape index (κ3) is 15.1. The molecular formula is C52H63FN6O12. The number of carbonyl (C=O) groups is 7. The van der Waals surface area contributed by atoms with Gasteiger partial charge >= 0.3 is 12.1 Å². The van der Waals surface area contributed by atoms with Gasteiger partial charge in [0.2, 0.25) is 29.5 Å². The number of amides is 6. The quantitative estimate of drug-likeness (QED) is 0.112. The van der Waals surface area contributed by atoms with Crippen LogP contribution in [-0.4, -0.2) is 122 Å². The van der Waals surface area contributed by atoms with Crippen molar-refractivity contribution in [2.45, 2.75) is 109 Å². The zero-order valence-electron chi connectivity index (χ0n) is 41.6. The van der Waals surface area contributed by atoms with Crippen molar-refractivity contribution in [3.05, 3.63) is 119 Å². The highest BCUT2D eigenvalue weighted by molar-refractivity contribution is 5.96. The molecule has 6 amide bonds. The van der Waals surface area contributed by atoms with Crippen LogP contribution in [0.3, 0.4) is 0 Å². The number of ether oxygens (including phenoxy) is 5. The van der Waals surface area contributed by atoms with Gasteiger partial charge < -0.3 is 54.8 Å². The van der Waals surface area contributed by atoms with Crippen molar-refractivity contribution in [3.63, 3.8) is 0 Å². The molecular weight excluding hydrogens is 920 g/mol. The second-order valence-corrected chi connectivity index (χ2v) is 18.2. The van der Waals surface area contributed by atoms with E-state index in [1.165, 1.54) is 66.1 Å². The number of methoxy groups -OCH3 is 2. The third-order valence-corrected chi connectivity index (χ3v) is 11.5. The fourth-order valence-corrected chi connectivity index (χ4v) is 7.61. The average Bonchev–Trinajstić information content (AvgIpc) is 3.32. The van der Waals surface area contributed by atoms with E-state index in [2.05, 4.69) is 21.3 Å². The Morgan fingerprint density at radius 2 is 1.37 bits per heavy atom. The Morgan fingerprint density at radius 3 is 2.00 bits per heavy atom. The lowest BCUT2D eigenvalue weighted by molar-refractivity contribution is -0.150. The van der Waals surface area contributed by atoms with Crippen LogP contribution in [0.4, 0.5) is 9.18 Å². The van der Waals surface area contributed by atoms with Gasteiger partial charge in [-0.3, -0.25) is 24.0 Å². The lowest BCUT2D eigenvalue weighted by Crippen LogP contribution is -2.59. The maximum Gasteiger partial charge on any atom is 0.408 e. The van der Waals surface area contributed by atoms with Crippen LogP contribution in [-0.2, 0) is 64.1 Å². The molecule has 0 saturated heterocycles. The monoisotopic (exact) mass is 982 g/mol. The summed E-state index contributed by atoms with van der Waals surface area (Å²) in [4.78, 5) is 98.8. The Balaban J connectivity index is 1.39. The smallest absolute Gasteiger partial charge is 0.408 e. The van der Waals surface area contributed by atoms with Gasteiger partial charge in [-0.1, -0.05) is 54.6 Å². The van der Waals surface area contributed by atoms with E-state index in [1.54, 1.807) is 87.5 Å². The summed E-state index contributed by atoms with van der Waals surface area (Å²) in [6.45, 7) is 9.11. The Kier molecular flexibility index (Phi) is 18.5. The summed E-state index contributed by atoms with van der Waals surface area (Å²) in [5.41, 5.74) is 1.42.